The zero-order valence-electron chi connectivity index (χ0n) is 9.47. The first-order valence-electron chi connectivity index (χ1n) is 5.73. The quantitative estimate of drug-likeness (QED) is 0.747. The maximum absolute atomic E-state index is 12.2. The van der Waals surface area contributed by atoms with E-state index in [9.17, 15) is 13.2 Å². The molecular formula is C10H20F3N3. The topological polar surface area (TPSA) is 32.5 Å². The number of hydrogen-bond donors (Lipinski definition) is 1. The van der Waals surface area contributed by atoms with Gasteiger partial charge in [0.25, 0.3) is 0 Å². The van der Waals surface area contributed by atoms with E-state index in [1.807, 2.05) is 0 Å². The summed E-state index contributed by atoms with van der Waals surface area (Å²) in [4.78, 5) is 3.60. The Labute approximate surface area is 94.4 Å². The summed E-state index contributed by atoms with van der Waals surface area (Å²) in [5.41, 5.74) is 5.31. The van der Waals surface area contributed by atoms with Crippen molar-refractivity contribution in [3.63, 3.8) is 0 Å². The van der Waals surface area contributed by atoms with E-state index in [1.54, 1.807) is 0 Å². The average molecular weight is 239 g/mol. The predicted octanol–water partition coefficient (Wildman–Crippen LogP) is 0.905. The number of halogens is 3. The standard InChI is InChI=1S/C10H20F3N3/c11-10(12,13)9-16(6-3-14)8-7-15-4-1-2-5-15/h1-9,14H2. The number of nitrogens with zero attached hydrogens (tertiary/aromatic N) is 2. The monoisotopic (exact) mass is 239 g/mol. The smallest absolute Gasteiger partial charge is 0.329 e. The van der Waals surface area contributed by atoms with Gasteiger partial charge in [-0.3, -0.25) is 4.90 Å². The van der Waals surface area contributed by atoms with Crippen LogP contribution in [0.2, 0.25) is 0 Å². The van der Waals surface area contributed by atoms with Gasteiger partial charge in [0.05, 0.1) is 6.54 Å². The molecule has 0 aliphatic carbocycles. The van der Waals surface area contributed by atoms with Gasteiger partial charge in [0.15, 0.2) is 0 Å². The molecule has 0 aromatic rings. The van der Waals surface area contributed by atoms with Crippen molar-refractivity contribution < 1.29 is 13.2 Å². The van der Waals surface area contributed by atoms with Crippen LogP contribution in [0.15, 0.2) is 0 Å². The highest BCUT2D eigenvalue weighted by Gasteiger charge is 2.30. The molecule has 1 aliphatic heterocycles. The largest absolute Gasteiger partial charge is 0.401 e. The fourth-order valence-electron chi connectivity index (χ4n) is 2.00. The minimum atomic E-state index is -4.12. The third-order valence-corrected chi connectivity index (χ3v) is 2.78. The maximum atomic E-state index is 12.2. The van der Waals surface area contributed by atoms with Gasteiger partial charge in [-0.15, -0.1) is 0 Å². The molecule has 96 valence electrons. The van der Waals surface area contributed by atoms with Crippen molar-refractivity contribution in [1.29, 1.82) is 0 Å². The third kappa shape index (κ3) is 5.67. The summed E-state index contributed by atoms with van der Waals surface area (Å²) in [6.07, 6.45) is -1.80. The van der Waals surface area contributed by atoms with Gasteiger partial charge in [-0.1, -0.05) is 0 Å². The van der Waals surface area contributed by atoms with Crippen LogP contribution in [0.5, 0.6) is 0 Å². The van der Waals surface area contributed by atoms with Gasteiger partial charge in [-0.05, 0) is 25.9 Å². The Morgan fingerprint density at radius 2 is 1.75 bits per heavy atom. The lowest BCUT2D eigenvalue weighted by atomic mass is 10.4. The van der Waals surface area contributed by atoms with Crippen molar-refractivity contribution in [3.05, 3.63) is 0 Å². The highest BCUT2D eigenvalue weighted by Crippen LogP contribution is 2.16. The van der Waals surface area contributed by atoms with Crippen molar-refractivity contribution in [1.82, 2.24) is 9.80 Å². The van der Waals surface area contributed by atoms with E-state index in [0.29, 0.717) is 13.1 Å². The Kier molecular flexibility index (Phi) is 5.51. The van der Waals surface area contributed by atoms with Crippen molar-refractivity contribution in [2.24, 2.45) is 5.73 Å². The van der Waals surface area contributed by atoms with Gasteiger partial charge in [-0.2, -0.15) is 13.2 Å². The van der Waals surface area contributed by atoms with E-state index in [-0.39, 0.29) is 6.54 Å². The van der Waals surface area contributed by atoms with Crippen LogP contribution in [0.3, 0.4) is 0 Å². The SMILES string of the molecule is NCCN(CCN1CCCC1)CC(F)(F)F. The normalized spacial score (nSPS) is 18.6. The molecule has 0 radical (unpaired) electrons. The molecule has 6 heteroatoms. The molecule has 1 fully saturated rings. The summed E-state index contributed by atoms with van der Waals surface area (Å²) in [6, 6.07) is 0. The summed E-state index contributed by atoms with van der Waals surface area (Å²) in [6.45, 7) is 2.94. The van der Waals surface area contributed by atoms with Crippen LogP contribution in [0.4, 0.5) is 13.2 Å². The van der Waals surface area contributed by atoms with Gasteiger partial charge in [0, 0.05) is 26.2 Å². The van der Waals surface area contributed by atoms with E-state index in [1.165, 1.54) is 4.90 Å². The molecule has 3 nitrogen and oxygen atoms in total. The highest BCUT2D eigenvalue weighted by atomic mass is 19.4. The fourth-order valence-corrected chi connectivity index (χ4v) is 2.00. The molecule has 0 aromatic heterocycles. The van der Waals surface area contributed by atoms with Crippen LogP contribution in [-0.4, -0.2) is 61.8 Å². The zero-order valence-corrected chi connectivity index (χ0v) is 9.47. The van der Waals surface area contributed by atoms with Crippen LogP contribution in [0, 0.1) is 0 Å². The van der Waals surface area contributed by atoms with Crippen molar-refractivity contribution in [3.8, 4) is 0 Å². The molecule has 0 unspecified atom stereocenters. The van der Waals surface area contributed by atoms with E-state index < -0.39 is 12.7 Å². The van der Waals surface area contributed by atoms with Gasteiger partial charge >= 0.3 is 6.18 Å². The molecule has 16 heavy (non-hydrogen) atoms. The number of alkyl halides is 3. The second-order valence-electron chi connectivity index (χ2n) is 4.23. The number of likely N-dealkylation sites (tertiary alicyclic amines) is 1. The van der Waals surface area contributed by atoms with Crippen LogP contribution >= 0.6 is 0 Å². The van der Waals surface area contributed by atoms with Crippen LogP contribution in [-0.2, 0) is 0 Å². The second-order valence-corrected chi connectivity index (χ2v) is 4.23. The van der Waals surface area contributed by atoms with Gasteiger partial charge in [0.2, 0.25) is 0 Å². The van der Waals surface area contributed by atoms with E-state index in [2.05, 4.69) is 4.90 Å². The molecule has 0 atom stereocenters. The van der Waals surface area contributed by atoms with Crippen LogP contribution in [0.25, 0.3) is 0 Å². The highest BCUT2D eigenvalue weighted by molar-refractivity contribution is 4.70. The fraction of sp³-hybridized carbons (Fsp3) is 1.00. The summed E-state index contributed by atoms with van der Waals surface area (Å²) in [5.74, 6) is 0. The zero-order chi connectivity index (χ0) is 12.0. The average Bonchev–Trinajstić information content (AvgIpc) is 2.64. The third-order valence-electron chi connectivity index (χ3n) is 2.78. The predicted molar refractivity (Wildman–Crippen MR) is 57.2 cm³/mol. The molecule has 1 rings (SSSR count). The molecular weight excluding hydrogens is 219 g/mol. The summed E-state index contributed by atoms with van der Waals surface area (Å²) in [5, 5.41) is 0. The number of hydrogen-bond acceptors (Lipinski definition) is 3. The minimum Gasteiger partial charge on any atom is -0.329 e. The Balaban J connectivity index is 2.26. The Morgan fingerprint density at radius 3 is 2.25 bits per heavy atom. The van der Waals surface area contributed by atoms with Gasteiger partial charge in [-0.25, -0.2) is 0 Å². The number of nitrogens with two attached hydrogens (primary N) is 1. The van der Waals surface area contributed by atoms with Crippen LogP contribution in [0.1, 0.15) is 12.8 Å². The van der Waals surface area contributed by atoms with Crippen molar-refractivity contribution in [2.45, 2.75) is 19.0 Å². The lowest BCUT2D eigenvalue weighted by molar-refractivity contribution is -0.145. The van der Waals surface area contributed by atoms with E-state index in [4.69, 9.17) is 5.73 Å². The molecule has 0 bridgehead atoms. The Morgan fingerprint density at radius 1 is 1.12 bits per heavy atom. The molecule has 0 amide bonds. The molecule has 1 aliphatic rings. The Bertz CT molecular complexity index is 190. The lowest BCUT2D eigenvalue weighted by Gasteiger charge is -2.25. The number of rotatable bonds is 6. The van der Waals surface area contributed by atoms with E-state index >= 15 is 0 Å². The summed E-state index contributed by atoms with van der Waals surface area (Å²) < 4.78 is 36.7. The molecule has 1 saturated heterocycles. The first kappa shape index (κ1) is 13.7. The molecule has 0 spiro atoms. The molecule has 0 saturated carbocycles. The Hall–Kier alpha value is -0.330. The maximum Gasteiger partial charge on any atom is 0.401 e. The second kappa shape index (κ2) is 6.42. The molecule has 0 aromatic carbocycles. The first-order chi connectivity index (χ1) is 7.51. The van der Waals surface area contributed by atoms with Gasteiger partial charge < -0.3 is 10.6 Å². The van der Waals surface area contributed by atoms with Crippen LogP contribution < -0.4 is 5.73 Å². The summed E-state index contributed by atoms with van der Waals surface area (Å²) in [7, 11) is 0. The molecule has 1 heterocycles. The van der Waals surface area contributed by atoms with Crippen molar-refractivity contribution >= 4 is 0 Å². The molecule has 2 N–H and O–H groups in total. The lowest BCUT2D eigenvalue weighted by Crippen LogP contribution is -2.41. The van der Waals surface area contributed by atoms with Gasteiger partial charge in [0.1, 0.15) is 0 Å². The minimum absolute atomic E-state index is 0.274. The summed E-state index contributed by atoms with van der Waals surface area (Å²) >= 11 is 0. The first-order valence-corrected chi connectivity index (χ1v) is 5.73. The van der Waals surface area contributed by atoms with E-state index in [0.717, 1.165) is 32.5 Å². The van der Waals surface area contributed by atoms with Crippen molar-refractivity contribution in [2.75, 3.05) is 45.8 Å².